The molecule has 0 aromatic carbocycles. The van der Waals surface area contributed by atoms with Crippen molar-refractivity contribution in [2.75, 3.05) is 33.7 Å². The highest BCUT2D eigenvalue weighted by Crippen LogP contribution is 2.29. The van der Waals surface area contributed by atoms with Gasteiger partial charge in [-0.25, -0.2) is 0 Å². The Morgan fingerprint density at radius 2 is 2.29 bits per heavy atom. The zero-order valence-corrected chi connectivity index (χ0v) is 12.9. The first kappa shape index (κ1) is 14.2. The summed E-state index contributed by atoms with van der Waals surface area (Å²) in [5, 5.41) is 15.1. The molecule has 0 bridgehead atoms. The second kappa shape index (κ2) is 5.93. The van der Waals surface area contributed by atoms with Gasteiger partial charge in [0.2, 0.25) is 0 Å². The van der Waals surface area contributed by atoms with E-state index in [1.54, 1.807) is 6.07 Å². The summed E-state index contributed by atoms with van der Waals surface area (Å²) in [6, 6.07) is 4.05. The van der Waals surface area contributed by atoms with E-state index in [4.69, 9.17) is 9.78 Å². The van der Waals surface area contributed by atoms with Gasteiger partial charge in [0.15, 0.2) is 5.82 Å². The summed E-state index contributed by atoms with van der Waals surface area (Å²) in [4.78, 5) is 9.82. The van der Waals surface area contributed by atoms with Crippen LogP contribution in [-0.2, 0) is 0 Å². The summed E-state index contributed by atoms with van der Waals surface area (Å²) in [6.45, 7) is 2.97. The fraction of sp³-hybridized carbons (Fsp3) is 0.500. The van der Waals surface area contributed by atoms with Crippen LogP contribution in [0.4, 0.5) is 0 Å². The van der Waals surface area contributed by atoms with Crippen LogP contribution in [0.25, 0.3) is 10.8 Å². The Kier molecular flexibility index (Phi) is 4.01. The summed E-state index contributed by atoms with van der Waals surface area (Å²) in [5.74, 6) is 1.13. The molecule has 0 radical (unpaired) electrons. The van der Waals surface area contributed by atoms with Crippen LogP contribution in [0.5, 0.6) is 0 Å². The van der Waals surface area contributed by atoms with E-state index in [1.165, 1.54) is 11.3 Å². The second-order valence-electron chi connectivity index (χ2n) is 5.35. The van der Waals surface area contributed by atoms with E-state index >= 15 is 0 Å². The van der Waals surface area contributed by atoms with Crippen LogP contribution in [0.1, 0.15) is 23.9 Å². The molecule has 1 aliphatic rings. The lowest BCUT2D eigenvalue weighted by atomic mass is 10.2. The molecule has 7 heteroatoms. The van der Waals surface area contributed by atoms with E-state index in [9.17, 15) is 0 Å². The molecule has 1 unspecified atom stereocenters. The van der Waals surface area contributed by atoms with Crippen LogP contribution in [-0.4, -0.2) is 53.7 Å². The van der Waals surface area contributed by atoms with Gasteiger partial charge >= 0.3 is 0 Å². The molecule has 3 heterocycles. The lowest BCUT2D eigenvalue weighted by Crippen LogP contribution is -2.31. The van der Waals surface area contributed by atoms with Crippen LogP contribution in [0, 0.1) is 11.3 Å². The zero-order valence-electron chi connectivity index (χ0n) is 12.1. The molecule has 2 aromatic rings. The number of rotatable bonds is 2. The van der Waals surface area contributed by atoms with Crippen LogP contribution >= 0.6 is 11.3 Å². The topological polar surface area (TPSA) is 69.2 Å². The first-order valence-electron chi connectivity index (χ1n) is 6.89. The number of thiophene rings is 1. The summed E-state index contributed by atoms with van der Waals surface area (Å²) in [5.41, 5.74) is 0.585. The zero-order chi connectivity index (χ0) is 14.8. The fourth-order valence-corrected chi connectivity index (χ4v) is 3.34. The lowest BCUT2D eigenvalue weighted by molar-refractivity contribution is 0.215. The average molecular weight is 303 g/mol. The molecule has 2 aromatic heterocycles. The molecule has 0 saturated carbocycles. The highest BCUT2D eigenvalue weighted by atomic mass is 32.1. The summed E-state index contributed by atoms with van der Waals surface area (Å²) < 4.78 is 5.38. The molecule has 1 fully saturated rings. The molecular weight excluding hydrogens is 286 g/mol. The third-order valence-electron chi connectivity index (χ3n) is 3.79. The van der Waals surface area contributed by atoms with E-state index in [-0.39, 0.29) is 6.04 Å². The Morgan fingerprint density at radius 3 is 3.10 bits per heavy atom. The van der Waals surface area contributed by atoms with Crippen LogP contribution in [0.3, 0.4) is 0 Å². The summed E-state index contributed by atoms with van der Waals surface area (Å²) in [6.07, 6.45) is 1.14. The maximum atomic E-state index is 9.09. The van der Waals surface area contributed by atoms with E-state index in [1.807, 2.05) is 5.38 Å². The van der Waals surface area contributed by atoms with Crippen molar-refractivity contribution in [1.82, 2.24) is 19.9 Å². The Bertz CT molecular complexity index is 658. The predicted octanol–water partition coefficient (Wildman–Crippen LogP) is 1.98. The number of hydrogen-bond donors (Lipinski definition) is 0. The number of nitrogens with zero attached hydrogens (tertiary/aromatic N) is 5. The standard InChI is InChI=1S/C14H17N5OS/c1-18-5-3-6-19(2)11(9-18)13-16-14(20-17-13)12-10(8-15)4-7-21-12/h4,7,11H,3,5-6,9H2,1-2H3. The fourth-order valence-electron chi connectivity index (χ4n) is 2.58. The summed E-state index contributed by atoms with van der Waals surface area (Å²) in [7, 11) is 4.20. The van der Waals surface area contributed by atoms with Gasteiger partial charge in [0, 0.05) is 6.54 Å². The van der Waals surface area contributed by atoms with Crippen LogP contribution in [0.2, 0.25) is 0 Å². The maximum absolute atomic E-state index is 9.09. The van der Waals surface area contributed by atoms with Crippen molar-refractivity contribution >= 4 is 11.3 Å². The SMILES string of the molecule is CN1CCCN(C)C(c2noc(-c3sccc3C#N)n2)C1. The van der Waals surface area contributed by atoms with Gasteiger partial charge in [-0.15, -0.1) is 11.3 Å². The lowest BCUT2D eigenvalue weighted by Gasteiger charge is -2.24. The van der Waals surface area contributed by atoms with Gasteiger partial charge in [0.1, 0.15) is 10.9 Å². The monoisotopic (exact) mass is 303 g/mol. The molecule has 1 saturated heterocycles. The van der Waals surface area contributed by atoms with Gasteiger partial charge in [0.25, 0.3) is 5.89 Å². The molecular formula is C14H17N5OS. The third kappa shape index (κ3) is 2.83. The van der Waals surface area contributed by atoms with Crippen LogP contribution < -0.4 is 0 Å². The van der Waals surface area contributed by atoms with E-state index in [0.717, 1.165) is 30.9 Å². The number of hydrogen-bond acceptors (Lipinski definition) is 7. The molecule has 21 heavy (non-hydrogen) atoms. The Morgan fingerprint density at radius 1 is 1.43 bits per heavy atom. The van der Waals surface area contributed by atoms with E-state index < -0.39 is 0 Å². The number of nitriles is 1. The van der Waals surface area contributed by atoms with Gasteiger partial charge in [-0.05, 0) is 45.1 Å². The molecule has 0 N–H and O–H groups in total. The van der Waals surface area contributed by atoms with Crippen LogP contribution in [0.15, 0.2) is 16.0 Å². The predicted molar refractivity (Wildman–Crippen MR) is 79.8 cm³/mol. The maximum Gasteiger partial charge on any atom is 0.269 e. The van der Waals surface area contributed by atoms with Crippen molar-refractivity contribution in [1.29, 1.82) is 5.26 Å². The van der Waals surface area contributed by atoms with E-state index in [2.05, 4.69) is 40.1 Å². The first-order chi connectivity index (χ1) is 10.2. The molecule has 0 aliphatic carbocycles. The first-order valence-corrected chi connectivity index (χ1v) is 7.77. The van der Waals surface area contributed by atoms with Crippen molar-refractivity contribution in [3.63, 3.8) is 0 Å². The van der Waals surface area contributed by atoms with Crippen molar-refractivity contribution in [2.45, 2.75) is 12.5 Å². The van der Waals surface area contributed by atoms with Crippen molar-refractivity contribution in [3.05, 3.63) is 22.8 Å². The molecule has 3 rings (SSSR count). The minimum atomic E-state index is 0.125. The minimum Gasteiger partial charge on any atom is -0.333 e. The quantitative estimate of drug-likeness (QED) is 0.845. The third-order valence-corrected chi connectivity index (χ3v) is 4.69. The molecule has 0 spiro atoms. The highest BCUT2D eigenvalue weighted by molar-refractivity contribution is 7.13. The normalized spacial score (nSPS) is 21.1. The van der Waals surface area contributed by atoms with E-state index in [0.29, 0.717) is 17.3 Å². The molecule has 110 valence electrons. The Balaban J connectivity index is 1.89. The second-order valence-corrected chi connectivity index (χ2v) is 6.26. The summed E-state index contributed by atoms with van der Waals surface area (Å²) >= 11 is 1.45. The molecule has 0 amide bonds. The van der Waals surface area contributed by atoms with Gasteiger partial charge in [-0.2, -0.15) is 10.2 Å². The highest BCUT2D eigenvalue weighted by Gasteiger charge is 2.27. The van der Waals surface area contributed by atoms with Gasteiger partial charge < -0.3 is 9.42 Å². The largest absolute Gasteiger partial charge is 0.333 e. The Labute approximate surface area is 127 Å². The van der Waals surface area contributed by atoms with Gasteiger partial charge in [-0.3, -0.25) is 4.90 Å². The smallest absolute Gasteiger partial charge is 0.269 e. The average Bonchev–Trinajstić information content (AvgIpc) is 3.09. The van der Waals surface area contributed by atoms with Gasteiger partial charge in [0.05, 0.1) is 11.6 Å². The van der Waals surface area contributed by atoms with Gasteiger partial charge in [-0.1, -0.05) is 5.16 Å². The number of aromatic nitrogens is 2. The Hall–Kier alpha value is -1.75. The number of likely N-dealkylation sites (N-methyl/N-ethyl adjacent to an activating group) is 2. The van der Waals surface area contributed by atoms with Crippen molar-refractivity contribution < 1.29 is 4.52 Å². The minimum absolute atomic E-state index is 0.125. The molecule has 1 aliphatic heterocycles. The van der Waals surface area contributed by atoms with Crippen molar-refractivity contribution in [3.8, 4) is 16.8 Å². The van der Waals surface area contributed by atoms with Crippen molar-refractivity contribution in [2.24, 2.45) is 0 Å². The molecule has 1 atom stereocenters. The molecule has 6 nitrogen and oxygen atoms in total.